The second-order valence-electron chi connectivity index (χ2n) is 7.68. The average Bonchev–Trinajstić information content (AvgIpc) is 2.62. The van der Waals surface area contributed by atoms with Crippen LogP contribution >= 0.6 is 0 Å². The van der Waals surface area contributed by atoms with E-state index in [4.69, 9.17) is 4.74 Å². The lowest BCUT2D eigenvalue weighted by Crippen LogP contribution is -2.46. The van der Waals surface area contributed by atoms with Crippen LogP contribution in [0.2, 0.25) is 0 Å². The van der Waals surface area contributed by atoms with Gasteiger partial charge in [0.25, 0.3) is 0 Å². The zero-order valence-electron chi connectivity index (χ0n) is 15.8. The van der Waals surface area contributed by atoms with Gasteiger partial charge in [0.05, 0.1) is 0 Å². The van der Waals surface area contributed by atoms with Gasteiger partial charge in [-0.05, 0) is 57.3 Å². The Morgan fingerprint density at radius 1 is 1.00 bits per heavy atom. The average molecular weight is 348 g/mol. The molecule has 0 spiro atoms. The summed E-state index contributed by atoms with van der Waals surface area (Å²) in [5.41, 5.74) is 5.33. The number of hydrogen-bond donors (Lipinski definition) is 0. The summed E-state index contributed by atoms with van der Waals surface area (Å²) in [7, 11) is 0. The second-order valence-corrected chi connectivity index (χ2v) is 7.68. The van der Waals surface area contributed by atoms with Crippen molar-refractivity contribution < 1.29 is 4.74 Å². The van der Waals surface area contributed by atoms with Gasteiger partial charge in [0, 0.05) is 11.6 Å². The molecule has 1 unspecified atom stereocenters. The number of para-hydroxylation sites is 1. The molecule has 2 aromatic carbocycles. The van der Waals surface area contributed by atoms with Crippen LogP contribution in [0.1, 0.15) is 48.8 Å². The number of rotatable bonds is 5. The summed E-state index contributed by atoms with van der Waals surface area (Å²) in [6, 6.07) is 17.7. The smallest absolute Gasteiger partial charge is 0.127 e. The first kappa shape index (κ1) is 17.4. The summed E-state index contributed by atoms with van der Waals surface area (Å²) in [5.74, 6) is 0.994. The Kier molecular flexibility index (Phi) is 5.40. The SMILES string of the molecule is Cc1ccc(COc2ccccc2C=C2CCCCC2N2CCC2)cc1. The van der Waals surface area contributed by atoms with Crippen molar-refractivity contribution in [2.24, 2.45) is 0 Å². The first-order valence-corrected chi connectivity index (χ1v) is 10.0. The van der Waals surface area contributed by atoms with Crippen LogP contribution in [0.25, 0.3) is 6.08 Å². The molecule has 2 aliphatic rings. The number of likely N-dealkylation sites (tertiary alicyclic amines) is 1. The minimum atomic E-state index is 0.621. The van der Waals surface area contributed by atoms with Crippen LogP contribution in [-0.2, 0) is 6.61 Å². The largest absolute Gasteiger partial charge is 0.488 e. The van der Waals surface area contributed by atoms with Crippen molar-refractivity contribution in [1.82, 2.24) is 4.90 Å². The fourth-order valence-corrected chi connectivity index (χ4v) is 4.03. The lowest BCUT2D eigenvalue weighted by atomic mass is 9.86. The molecule has 2 nitrogen and oxygen atoms in total. The molecule has 4 rings (SSSR count). The number of nitrogens with zero attached hydrogens (tertiary/aromatic N) is 1. The van der Waals surface area contributed by atoms with E-state index < -0.39 is 0 Å². The molecule has 0 radical (unpaired) electrons. The van der Waals surface area contributed by atoms with Crippen molar-refractivity contribution >= 4 is 6.08 Å². The van der Waals surface area contributed by atoms with Crippen molar-refractivity contribution in [3.63, 3.8) is 0 Å². The molecule has 136 valence electrons. The molecule has 26 heavy (non-hydrogen) atoms. The molecule has 0 amide bonds. The van der Waals surface area contributed by atoms with E-state index in [2.05, 4.69) is 66.4 Å². The Balaban J connectivity index is 1.51. The second kappa shape index (κ2) is 8.09. The number of ether oxygens (including phenoxy) is 1. The molecule has 2 heteroatoms. The van der Waals surface area contributed by atoms with Gasteiger partial charge in [-0.1, -0.05) is 66.1 Å². The van der Waals surface area contributed by atoms with E-state index in [9.17, 15) is 0 Å². The highest BCUT2D eigenvalue weighted by molar-refractivity contribution is 5.61. The van der Waals surface area contributed by atoms with Gasteiger partial charge in [-0.2, -0.15) is 0 Å². The topological polar surface area (TPSA) is 12.5 Å². The van der Waals surface area contributed by atoms with Crippen molar-refractivity contribution in [1.29, 1.82) is 0 Å². The van der Waals surface area contributed by atoms with E-state index in [1.165, 1.54) is 61.9 Å². The Bertz CT molecular complexity index is 758. The highest BCUT2D eigenvalue weighted by Crippen LogP contribution is 2.33. The maximum Gasteiger partial charge on any atom is 0.127 e. The highest BCUT2D eigenvalue weighted by atomic mass is 16.5. The number of benzene rings is 2. The van der Waals surface area contributed by atoms with Gasteiger partial charge >= 0.3 is 0 Å². The summed E-state index contributed by atoms with van der Waals surface area (Å²) in [6.45, 7) is 5.28. The zero-order valence-corrected chi connectivity index (χ0v) is 15.8. The first-order valence-electron chi connectivity index (χ1n) is 10.0. The third kappa shape index (κ3) is 4.02. The van der Waals surface area contributed by atoms with Crippen molar-refractivity contribution in [3.8, 4) is 5.75 Å². The standard InChI is InChI=1S/C24H29NO/c1-19-11-13-20(14-12-19)18-26-24-10-5-3-8-22(24)17-21-7-2-4-9-23(21)25-15-6-16-25/h3,5,8,10-14,17,23H,2,4,6-7,9,15-16,18H2,1H3. The van der Waals surface area contributed by atoms with Gasteiger partial charge in [-0.15, -0.1) is 0 Å². The molecule has 1 aliphatic heterocycles. The van der Waals surface area contributed by atoms with Crippen LogP contribution in [-0.4, -0.2) is 24.0 Å². The predicted molar refractivity (Wildman–Crippen MR) is 108 cm³/mol. The number of aryl methyl sites for hydroxylation is 1. The summed E-state index contributed by atoms with van der Waals surface area (Å²) in [6.07, 6.45) is 9.00. The third-order valence-electron chi connectivity index (χ3n) is 5.73. The molecule has 0 N–H and O–H groups in total. The van der Waals surface area contributed by atoms with Gasteiger partial charge in [-0.3, -0.25) is 4.90 Å². The van der Waals surface area contributed by atoms with Gasteiger partial charge in [0.2, 0.25) is 0 Å². The van der Waals surface area contributed by atoms with Gasteiger partial charge in [-0.25, -0.2) is 0 Å². The molecule has 1 saturated carbocycles. The van der Waals surface area contributed by atoms with E-state index in [1.54, 1.807) is 5.57 Å². The van der Waals surface area contributed by atoms with E-state index in [0.717, 1.165) is 5.75 Å². The van der Waals surface area contributed by atoms with E-state index in [1.807, 2.05) is 0 Å². The molecule has 2 fully saturated rings. The fraction of sp³-hybridized carbons (Fsp3) is 0.417. The highest BCUT2D eigenvalue weighted by Gasteiger charge is 2.28. The van der Waals surface area contributed by atoms with Crippen LogP contribution < -0.4 is 4.74 Å². The van der Waals surface area contributed by atoms with Gasteiger partial charge in [0.15, 0.2) is 0 Å². The van der Waals surface area contributed by atoms with Gasteiger partial charge in [0.1, 0.15) is 12.4 Å². The van der Waals surface area contributed by atoms with E-state index >= 15 is 0 Å². The zero-order chi connectivity index (χ0) is 17.8. The minimum Gasteiger partial charge on any atom is -0.488 e. The molecular weight excluding hydrogens is 318 g/mol. The Morgan fingerprint density at radius 2 is 1.81 bits per heavy atom. The quantitative estimate of drug-likeness (QED) is 0.697. The van der Waals surface area contributed by atoms with Crippen molar-refractivity contribution in [2.45, 2.75) is 51.7 Å². The molecular formula is C24H29NO. The summed E-state index contributed by atoms with van der Waals surface area (Å²) < 4.78 is 6.18. The molecule has 1 atom stereocenters. The van der Waals surface area contributed by atoms with Crippen LogP contribution in [0.3, 0.4) is 0 Å². The lowest BCUT2D eigenvalue weighted by Gasteiger charge is -2.42. The third-order valence-corrected chi connectivity index (χ3v) is 5.73. The molecule has 0 aromatic heterocycles. The van der Waals surface area contributed by atoms with Crippen molar-refractivity contribution in [3.05, 3.63) is 70.8 Å². The molecule has 0 bridgehead atoms. The van der Waals surface area contributed by atoms with Gasteiger partial charge < -0.3 is 4.74 Å². The summed E-state index contributed by atoms with van der Waals surface area (Å²) in [5, 5.41) is 0. The lowest BCUT2D eigenvalue weighted by molar-refractivity contribution is 0.121. The first-order chi connectivity index (χ1) is 12.8. The van der Waals surface area contributed by atoms with E-state index in [0.29, 0.717) is 12.6 Å². The van der Waals surface area contributed by atoms with Crippen LogP contribution in [0.4, 0.5) is 0 Å². The fourth-order valence-electron chi connectivity index (χ4n) is 4.03. The molecule has 1 aliphatic carbocycles. The van der Waals surface area contributed by atoms with Crippen LogP contribution in [0, 0.1) is 6.92 Å². The Morgan fingerprint density at radius 3 is 2.58 bits per heavy atom. The maximum atomic E-state index is 6.18. The molecule has 2 aromatic rings. The predicted octanol–water partition coefficient (Wildman–Crippen LogP) is 5.61. The minimum absolute atomic E-state index is 0.621. The van der Waals surface area contributed by atoms with E-state index in [-0.39, 0.29) is 0 Å². The Labute approximate surface area is 157 Å². The van der Waals surface area contributed by atoms with Crippen LogP contribution in [0.15, 0.2) is 54.1 Å². The maximum absolute atomic E-state index is 6.18. The normalized spacial score (nSPS) is 22.2. The monoisotopic (exact) mass is 347 g/mol. The molecule has 1 heterocycles. The summed E-state index contributed by atoms with van der Waals surface area (Å²) >= 11 is 0. The Hall–Kier alpha value is -2.06. The van der Waals surface area contributed by atoms with Crippen molar-refractivity contribution in [2.75, 3.05) is 13.1 Å². The summed E-state index contributed by atoms with van der Waals surface area (Å²) in [4.78, 5) is 2.65. The number of hydrogen-bond acceptors (Lipinski definition) is 2. The van der Waals surface area contributed by atoms with Crippen LogP contribution in [0.5, 0.6) is 5.75 Å². The molecule has 1 saturated heterocycles.